The number of carbonyl (C=O) groups excluding carboxylic acids is 1. The number of aryl methyl sites for hydroxylation is 2. The van der Waals surface area contributed by atoms with Gasteiger partial charge in [-0.15, -0.1) is 5.10 Å². The number of hydrogen-bond acceptors (Lipinski definition) is 7. The molecule has 0 spiro atoms. The van der Waals surface area contributed by atoms with Gasteiger partial charge in [-0.25, -0.2) is 0 Å². The molecule has 0 bridgehead atoms. The van der Waals surface area contributed by atoms with Gasteiger partial charge in [0.25, 0.3) is 11.8 Å². The topological polar surface area (TPSA) is 99.6 Å². The third-order valence-electron chi connectivity index (χ3n) is 3.75. The summed E-state index contributed by atoms with van der Waals surface area (Å²) in [6.45, 7) is 3.84. The summed E-state index contributed by atoms with van der Waals surface area (Å²) in [4.78, 5) is 12.0. The van der Waals surface area contributed by atoms with Crippen LogP contribution in [-0.4, -0.2) is 22.9 Å². The molecule has 8 nitrogen and oxygen atoms in total. The van der Waals surface area contributed by atoms with Gasteiger partial charge in [0.2, 0.25) is 6.79 Å². The van der Waals surface area contributed by atoms with E-state index in [1.807, 2.05) is 13.0 Å². The molecule has 0 saturated carbocycles. The molecule has 0 saturated heterocycles. The number of benzene rings is 1. The molecule has 0 aliphatic carbocycles. The van der Waals surface area contributed by atoms with Gasteiger partial charge in [-0.3, -0.25) is 10.1 Å². The first-order valence-electron chi connectivity index (χ1n) is 7.88. The number of furan rings is 1. The van der Waals surface area contributed by atoms with Gasteiger partial charge >= 0.3 is 6.01 Å². The molecular formula is C18H15N3O5. The standard InChI is InChI=1S/C18H15N3O5/c1-10-7-13(11(2)25-10)17-20-21-18(26-17)19-16(22)6-4-12-3-5-14-15(8-12)24-9-23-14/h3-8H,9H2,1-2H3,(H,19,21,22)/b6-4+. The molecule has 3 aromatic rings. The summed E-state index contributed by atoms with van der Waals surface area (Å²) < 4.78 is 21.4. The SMILES string of the molecule is Cc1cc(-c2nnc(NC(=O)/C=C/c3ccc4c(c3)OCO4)o2)c(C)o1. The summed E-state index contributed by atoms with van der Waals surface area (Å²) in [7, 11) is 0. The fourth-order valence-corrected chi connectivity index (χ4v) is 2.56. The highest BCUT2D eigenvalue weighted by atomic mass is 16.7. The van der Waals surface area contributed by atoms with E-state index in [1.54, 1.807) is 31.2 Å². The maximum absolute atomic E-state index is 12.0. The highest BCUT2D eigenvalue weighted by molar-refractivity contribution is 6.00. The first-order valence-corrected chi connectivity index (χ1v) is 7.88. The number of nitrogens with one attached hydrogen (secondary N) is 1. The number of amides is 1. The summed E-state index contributed by atoms with van der Waals surface area (Å²) in [5.74, 6) is 2.65. The number of nitrogens with zero attached hydrogens (tertiary/aromatic N) is 2. The van der Waals surface area contributed by atoms with E-state index in [0.717, 1.165) is 11.3 Å². The van der Waals surface area contributed by atoms with Crippen LogP contribution in [0.1, 0.15) is 17.1 Å². The van der Waals surface area contributed by atoms with Crippen LogP contribution in [0.25, 0.3) is 17.5 Å². The summed E-state index contributed by atoms with van der Waals surface area (Å²) >= 11 is 0. The van der Waals surface area contributed by atoms with Crippen molar-refractivity contribution in [3.05, 3.63) is 47.4 Å². The third kappa shape index (κ3) is 3.16. The Balaban J connectivity index is 1.43. The van der Waals surface area contributed by atoms with Gasteiger partial charge in [0.15, 0.2) is 11.5 Å². The molecule has 4 rings (SSSR count). The minimum absolute atomic E-state index is 0.0126. The lowest BCUT2D eigenvalue weighted by molar-refractivity contribution is -0.112. The molecule has 2 aromatic heterocycles. The second kappa shape index (κ2) is 6.40. The predicted octanol–water partition coefficient (Wildman–Crippen LogP) is 3.33. The van der Waals surface area contributed by atoms with Crippen molar-refractivity contribution in [3.63, 3.8) is 0 Å². The van der Waals surface area contributed by atoms with Crippen LogP contribution in [-0.2, 0) is 4.79 Å². The zero-order valence-electron chi connectivity index (χ0n) is 14.1. The Labute approximate surface area is 148 Å². The molecule has 0 fully saturated rings. The van der Waals surface area contributed by atoms with Crippen molar-refractivity contribution in [1.82, 2.24) is 10.2 Å². The van der Waals surface area contributed by atoms with Gasteiger partial charge in [0.05, 0.1) is 5.56 Å². The van der Waals surface area contributed by atoms with Gasteiger partial charge in [-0.2, -0.15) is 0 Å². The minimum atomic E-state index is -0.391. The highest BCUT2D eigenvalue weighted by Crippen LogP contribution is 2.32. The Morgan fingerprint density at radius 3 is 2.77 bits per heavy atom. The van der Waals surface area contributed by atoms with Crippen molar-refractivity contribution in [1.29, 1.82) is 0 Å². The summed E-state index contributed by atoms with van der Waals surface area (Å²) in [6.07, 6.45) is 3.02. The molecule has 1 aromatic carbocycles. The van der Waals surface area contributed by atoms with E-state index in [1.165, 1.54) is 6.08 Å². The molecule has 0 radical (unpaired) electrons. The number of aromatic nitrogens is 2. The second-order valence-corrected chi connectivity index (χ2v) is 5.67. The minimum Gasteiger partial charge on any atom is -0.466 e. The van der Waals surface area contributed by atoms with Crippen LogP contribution >= 0.6 is 0 Å². The monoisotopic (exact) mass is 353 g/mol. The number of anilines is 1. The molecule has 1 aliphatic heterocycles. The second-order valence-electron chi connectivity index (χ2n) is 5.67. The van der Waals surface area contributed by atoms with E-state index in [2.05, 4.69) is 15.5 Å². The van der Waals surface area contributed by atoms with Crippen molar-refractivity contribution >= 4 is 18.0 Å². The molecule has 0 unspecified atom stereocenters. The van der Waals surface area contributed by atoms with Crippen LogP contribution in [0.4, 0.5) is 6.01 Å². The van der Waals surface area contributed by atoms with E-state index in [9.17, 15) is 4.79 Å². The molecule has 1 amide bonds. The first kappa shape index (κ1) is 15.9. The maximum Gasteiger partial charge on any atom is 0.322 e. The van der Waals surface area contributed by atoms with Crippen LogP contribution < -0.4 is 14.8 Å². The molecule has 3 heterocycles. The van der Waals surface area contributed by atoms with Gasteiger partial charge < -0.3 is 18.3 Å². The van der Waals surface area contributed by atoms with Crippen LogP contribution in [0.2, 0.25) is 0 Å². The van der Waals surface area contributed by atoms with Crippen molar-refractivity contribution < 1.29 is 23.1 Å². The van der Waals surface area contributed by atoms with E-state index in [0.29, 0.717) is 22.8 Å². The number of rotatable bonds is 4. The largest absolute Gasteiger partial charge is 0.466 e. The van der Waals surface area contributed by atoms with Crippen LogP contribution in [0.3, 0.4) is 0 Å². The Kier molecular flexibility index (Phi) is 3.92. The zero-order valence-corrected chi connectivity index (χ0v) is 14.1. The molecule has 8 heteroatoms. The van der Waals surface area contributed by atoms with Gasteiger partial charge in [0.1, 0.15) is 11.5 Å². The summed E-state index contributed by atoms with van der Waals surface area (Å²) in [5.41, 5.74) is 1.51. The normalized spacial score (nSPS) is 12.7. The van der Waals surface area contributed by atoms with Crippen LogP contribution in [0.5, 0.6) is 11.5 Å². The Morgan fingerprint density at radius 2 is 1.96 bits per heavy atom. The Bertz CT molecular complexity index is 1000. The molecule has 132 valence electrons. The van der Waals surface area contributed by atoms with E-state index in [4.69, 9.17) is 18.3 Å². The van der Waals surface area contributed by atoms with Crippen molar-refractivity contribution in [2.45, 2.75) is 13.8 Å². The maximum atomic E-state index is 12.0. The molecule has 26 heavy (non-hydrogen) atoms. The Hall–Kier alpha value is -3.55. The van der Waals surface area contributed by atoms with Crippen molar-refractivity contribution in [2.75, 3.05) is 12.1 Å². The molecule has 1 N–H and O–H groups in total. The number of hydrogen-bond donors (Lipinski definition) is 1. The van der Waals surface area contributed by atoms with Gasteiger partial charge in [-0.05, 0) is 43.7 Å². The lowest BCUT2D eigenvalue weighted by Crippen LogP contribution is -2.07. The fourth-order valence-electron chi connectivity index (χ4n) is 2.56. The fraction of sp³-hybridized carbons (Fsp3) is 0.167. The molecule has 0 atom stereocenters. The van der Waals surface area contributed by atoms with Gasteiger partial charge in [0, 0.05) is 6.08 Å². The first-order chi connectivity index (χ1) is 12.6. The Morgan fingerprint density at radius 1 is 1.12 bits per heavy atom. The predicted molar refractivity (Wildman–Crippen MR) is 91.7 cm³/mol. The number of fused-ring (bicyclic) bond motifs is 1. The number of ether oxygens (including phenoxy) is 2. The lowest BCUT2D eigenvalue weighted by Gasteiger charge is -1.98. The van der Waals surface area contributed by atoms with E-state index in [-0.39, 0.29) is 18.7 Å². The smallest absolute Gasteiger partial charge is 0.322 e. The van der Waals surface area contributed by atoms with Crippen LogP contribution in [0.15, 0.2) is 39.2 Å². The van der Waals surface area contributed by atoms with E-state index < -0.39 is 5.91 Å². The highest BCUT2D eigenvalue weighted by Gasteiger charge is 2.15. The van der Waals surface area contributed by atoms with Crippen LogP contribution in [0, 0.1) is 13.8 Å². The average molecular weight is 353 g/mol. The lowest BCUT2D eigenvalue weighted by atomic mass is 10.2. The van der Waals surface area contributed by atoms with Crippen molar-refractivity contribution in [3.8, 4) is 23.0 Å². The number of carbonyl (C=O) groups is 1. The average Bonchev–Trinajstić information content (AvgIpc) is 3.32. The third-order valence-corrected chi connectivity index (χ3v) is 3.75. The quantitative estimate of drug-likeness (QED) is 0.718. The van der Waals surface area contributed by atoms with Crippen molar-refractivity contribution in [2.24, 2.45) is 0 Å². The van der Waals surface area contributed by atoms with Gasteiger partial charge in [-0.1, -0.05) is 11.2 Å². The molecule has 1 aliphatic rings. The summed E-state index contributed by atoms with van der Waals surface area (Å²) in [6, 6.07) is 7.22. The summed E-state index contributed by atoms with van der Waals surface area (Å²) in [5, 5.41) is 10.3. The molecular weight excluding hydrogens is 338 g/mol. The zero-order chi connectivity index (χ0) is 18.1. The van der Waals surface area contributed by atoms with E-state index >= 15 is 0 Å².